The summed E-state index contributed by atoms with van der Waals surface area (Å²) in [6, 6.07) is -0.660. The van der Waals surface area contributed by atoms with Crippen molar-refractivity contribution in [1.29, 1.82) is 0 Å². The van der Waals surface area contributed by atoms with Gasteiger partial charge in [-0.25, -0.2) is 20.1 Å². The quantitative estimate of drug-likeness (QED) is 0.448. The number of nitrogens with one attached hydrogen (secondary N) is 3. The Morgan fingerprint density at radius 1 is 1.60 bits per heavy atom. The van der Waals surface area contributed by atoms with Gasteiger partial charge in [-0.2, -0.15) is 5.10 Å². The van der Waals surface area contributed by atoms with Crippen LogP contribution in [0.2, 0.25) is 0 Å². The zero-order valence-electron chi connectivity index (χ0n) is 7.56. The van der Waals surface area contributed by atoms with Crippen molar-refractivity contribution >= 4 is 12.0 Å². The van der Waals surface area contributed by atoms with Crippen LogP contribution in [0.3, 0.4) is 0 Å². The lowest BCUT2D eigenvalue weighted by Crippen LogP contribution is -2.36. The predicted octanol–water partition coefficient (Wildman–Crippen LogP) is -1.38. The van der Waals surface area contributed by atoms with Crippen LogP contribution in [0.15, 0.2) is 6.33 Å². The van der Waals surface area contributed by atoms with Crippen molar-refractivity contribution in [3.05, 3.63) is 12.2 Å². The third-order valence-corrected chi connectivity index (χ3v) is 1.24. The molecule has 2 amide bonds. The molecule has 0 fully saturated rings. The highest BCUT2D eigenvalue weighted by molar-refractivity contribution is 5.73. The van der Waals surface area contributed by atoms with Crippen LogP contribution in [0.5, 0.6) is 0 Å². The summed E-state index contributed by atoms with van der Waals surface area (Å²) >= 11 is 0. The first kappa shape index (κ1) is 10.9. The van der Waals surface area contributed by atoms with Gasteiger partial charge in [0.1, 0.15) is 12.2 Å². The number of aliphatic carboxylic acids is 1. The molecule has 1 heterocycles. The van der Waals surface area contributed by atoms with Gasteiger partial charge < -0.3 is 10.4 Å². The molecule has 0 aliphatic rings. The molecule has 0 atom stereocenters. The highest BCUT2D eigenvalue weighted by Crippen LogP contribution is 1.82. The number of amides is 2. The first-order valence-corrected chi connectivity index (χ1v) is 3.90. The number of carbonyl (C=O) groups is 2. The minimum Gasteiger partial charge on any atom is -0.479 e. The second-order valence-electron chi connectivity index (χ2n) is 2.40. The second kappa shape index (κ2) is 5.54. The van der Waals surface area contributed by atoms with Crippen LogP contribution < -0.4 is 10.8 Å². The van der Waals surface area contributed by atoms with Crippen LogP contribution in [-0.4, -0.2) is 38.9 Å². The van der Waals surface area contributed by atoms with Crippen LogP contribution in [0.25, 0.3) is 0 Å². The summed E-state index contributed by atoms with van der Waals surface area (Å²) in [7, 11) is 0. The number of carboxylic acid groups (broad SMARTS) is 1. The Kier molecular flexibility index (Phi) is 4.04. The summed E-state index contributed by atoms with van der Waals surface area (Å²) in [5, 5.41) is 16.6. The molecule has 9 heteroatoms. The lowest BCUT2D eigenvalue weighted by Gasteiger charge is -2.04. The maximum atomic E-state index is 10.9. The minimum atomic E-state index is -1.18. The van der Waals surface area contributed by atoms with Crippen LogP contribution in [-0.2, 0) is 16.2 Å². The van der Waals surface area contributed by atoms with E-state index in [2.05, 4.69) is 25.3 Å². The maximum absolute atomic E-state index is 10.9. The van der Waals surface area contributed by atoms with Crippen molar-refractivity contribution in [2.24, 2.45) is 0 Å². The normalized spacial score (nSPS) is 9.60. The van der Waals surface area contributed by atoms with E-state index in [0.29, 0.717) is 5.82 Å². The number of hydrogen-bond acceptors (Lipinski definition) is 5. The van der Waals surface area contributed by atoms with Crippen molar-refractivity contribution in [3.63, 3.8) is 0 Å². The van der Waals surface area contributed by atoms with Gasteiger partial charge in [-0.05, 0) is 0 Å². The summed E-state index contributed by atoms with van der Waals surface area (Å²) in [5.41, 5.74) is 1.88. The summed E-state index contributed by atoms with van der Waals surface area (Å²) in [6.07, 6.45) is 1.30. The number of aromatic amines is 1. The molecule has 0 radical (unpaired) electrons. The highest BCUT2D eigenvalue weighted by atomic mass is 16.7. The molecular formula is C6H9N5O4. The van der Waals surface area contributed by atoms with Crippen molar-refractivity contribution in [2.45, 2.75) is 6.54 Å². The molecule has 0 aliphatic carbocycles. The van der Waals surface area contributed by atoms with E-state index < -0.39 is 18.6 Å². The maximum Gasteiger partial charge on any atom is 0.339 e. The number of carboxylic acids is 1. The number of rotatable bonds is 5. The Hall–Kier alpha value is -2.16. The molecule has 0 bridgehead atoms. The lowest BCUT2D eigenvalue weighted by atomic mass is 10.6. The van der Waals surface area contributed by atoms with Gasteiger partial charge in [-0.1, -0.05) is 0 Å². The molecule has 1 aromatic rings. The zero-order chi connectivity index (χ0) is 11.1. The highest BCUT2D eigenvalue weighted by Gasteiger charge is 2.03. The zero-order valence-corrected chi connectivity index (χ0v) is 7.56. The van der Waals surface area contributed by atoms with Crippen LogP contribution in [0.4, 0.5) is 4.79 Å². The number of hydroxylamine groups is 1. The fourth-order valence-electron chi connectivity index (χ4n) is 0.679. The number of aromatic nitrogens is 3. The summed E-state index contributed by atoms with van der Waals surface area (Å²) < 4.78 is 0. The molecule has 82 valence electrons. The standard InChI is InChI=1S/C6H9N5O4/c12-5(13)2-15-11-6(14)7-1-4-8-3-9-10-4/h3H,1-2H2,(H,12,13)(H2,7,11,14)(H,8,9,10). The van der Waals surface area contributed by atoms with E-state index in [1.807, 2.05) is 5.48 Å². The van der Waals surface area contributed by atoms with E-state index in [-0.39, 0.29) is 6.54 Å². The van der Waals surface area contributed by atoms with Gasteiger partial charge in [0.2, 0.25) is 0 Å². The Balaban J connectivity index is 2.11. The minimum absolute atomic E-state index is 0.141. The van der Waals surface area contributed by atoms with Gasteiger partial charge in [-0.3, -0.25) is 9.94 Å². The SMILES string of the molecule is O=C(O)CONC(=O)NCc1ncn[nH]1. The number of carbonyl (C=O) groups excluding carboxylic acids is 1. The fourth-order valence-corrected chi connectivity index (χ4v) is 0.679. The van der Waals surface area contributed by atoms with E-state index in [1.54, 1.807) is 0 Å². The van der Waals surface area contributed by atoms with E-state index in [4.69, 9.17) is 5.11 Å². The third kappa shape index (κ3) is 4.57. The molecule has 1 rings (SSSR count). The molecule has 0 saturated carbocycles. The molecule has 0 aromatic carbocycles. The number of nitrogens with zero attached hydrogens (tertiary/aromatic N) is 2. The smallest absolute Gasteiger partial charge is 0.339 e. The lowest BCUT2D eigenvalue weighted by molar-refractivity contribution is -0.144. The Labute approximate surface area is 83.8 Å². The molecule has 9 nitrogen and oxygen atoms in total. The monoisotopic (exact) mass is 215 g/mol. The molecule has 0 unspecified atom stereocenters. The summed E-state index contributed by atoms with van der Waals surface area (Å²) in [4.78, 5) is 29.0. The predicted molar refractivity (Wildman–Crippen MR) is 45.3 cm³/mol. The molecule has 0 saturated heterocycles. The molecule has 4 N–H and O–H groups in total. The van der Waals surface area contributed by atoms with Crippen molar-refractivity contribution < 1.29 is 19.5 Å². The van der Waals surface area contributed by atoms with Gasteiger partial charge in [0.15, 0.2) is 6.61 Å². The van der Waals surface area contributed by atoms with Crippen LogP contribution in [0, 0.1) is 0 Å². The number of H-pyrrole nitrogens is 1. The van der Waals surface area contributed by atoms with Crippen LogP contribution in [0.1, 0.15) is 5.82 Å². The Morgan fingerprint density at radius 3 is 3.00 bits per heavy atom. The van der Waals surface area contributed by atoms with Crippen molar-refractivity contribution in [2.75, 3.05) is 6.61 Å². The first-order valence-electron chi connectivity index (χ1n) is 3.90. The van der Waals surface area contributed by atoms with E-state index in [9.17, 15) is 9.59 Å². The third-order valence-electron chi connectivity index (χ3n) is 1.24. The van der Waals surface area contributed by atoms with Gasteiger partial charge in [-0.15, -0.1) is 0 Å². The average molecular weight is 215 g/mol. The largest absolute Gasteiger partial charge is 0.479 e. The molecule has 0 spiro atoms. The van der Waals surface area contributed by atoms with E-state index in [1.165, 1.54) is 6.33 Å². The second-order valence-corrected chi connectivity index (χ2v) is 2.40. The molecular weight excluding hydrogens is 206 g/mol. The van der Waals surface area contributed by atoms with Crippen molar-refractivity contribution in [1.82, 2.24) is 26.0 Å². The summed E-state index contributed by atoms with van der Waals surface area (Å²) in [6.45, 7) is -0.460. The Bertz CT molecular complexity index is 324. The number of urea groups is 1. The fraction of sp³-hybridized carbons (Fsp3) is 0.333. The van der Waals surface area contributed by atoms with E-state index in [0.717, 1.165) is 0 Å². The van der Waals surface area contributed by atoms with Crippen molar-refractivity contribution in [3.8, 4) is 0 Å². The Morgan fingerprint density at radius 2 is 2.40 bits per heavy atom. The van der Waals surface area contributed by atoms with E-state index >= 15 is 0 Å². The van der Waals surface area contributed by atoms with Gasteiger partial charge in [0.05, 0.1) is 6.54 Å². The van der Waals surface area contributed by atoms with Crippen LogP contribution >= 0.6 is 0 Å². The number of hydrogen-bond donors (Lipinski definition) is 4. The summed E-state index contributed by atoms with van der Waals surface area (Å²) in [5.74, 6) is -0.700. The van der Waals surface area contributed by atoms with Gasteiger partial charge in [0, 0.05) is 0 Å². The first-order chi connectivity index (χ1) is 7.18. The molecule has 15 heavy (non-hydrogen) atoms. The molecule has 0 aliphatic heterocycles. The van der Waals surface area contributed by atoms with Gasteiger partial charge >= 0.3 is 12.0 Å². The van der Waals surface area contributed by atoms with Gasteiger partial charge in [0.25, 0.3) is 0 Å². The topological polar surface area (TPSA) is 129 Å². The molecule has 1 aromatic heterocycles. The average Bonchev–Trinajstić information content (AvgIpc) is 2.66.